The summed E-state index contributed by atoms with van der Waals surface area (Å²) in [5.74, 6) is -0.0837. The van der Waals surface area contributed by atoms with Crippen molar-refractivity contribution < 1.29 is 20.1 Å². The van der Waals surface area contributed by atoms with Gasteiger partial charge in [0.2, 0.25) is 5.91 Å². The van der Waals surface area contributed by atoms with E-state index in [2.05, 4.69) is 10.6 Å². The first-order valence-electron chi connectivity index (χ1n) is 11.7. The normalized spacial score (nSPS) is 12.4. The maximum atomic E-state index is 12.5. The van der Waals surface area contributed by atoms with Crippen molar-refractivity contribution in [3.63, 3.8) is 0 Å². The molecule has 0 radical (unpaired) electrons. The fourth-order valence-electron chi connectivity index (χ4n) is 3.95. The van der Waals surface area contributed by atoms with Crippen LogP contribution in [0.1, 0.15) is 47.8 Å². The van der Waals surface area contributed by atoms with Gasteiger partial charge in [0.05, 0.1) is 29.2 Å². The van der Waals surface area contributed by atoms with Crippen molar-refractivity contribution >= 4 is 29.1 Å². The molecule has 0 heterocycles. The Labute approximate surface area is 221 Å². The summed E-state index contributed by atoms with van der Waals surface area (Å²) in [6.07, 6.45) is 0.159. The fourth-order valence-corrected chi connectivity index (χ4v) is 4.27. The lowest BCUT2D eigenvalue weighted by molar-refractivity contribution is -0.120. The van der Waals surface area contributed by atoms with Gasteiger partial charge in [-0.3, -0.25) is 4.79 Å². The van der Waals surface area contributed by atoms with Crippen molar-refractivity contribution in [2.75, 3.05) is 6.54 Å². The van der Waals surface area contributed by atoms with E-state index in [9.17, 15) is 20.1 Å². The van der Waals surface area contributed by atoms with E-state index in [1.807, 2.05) is 44.2 Å². The highest BCUT2D eigenvalue weighted by molar-refractivity contribution is 6.42. The molecule has 36 heavy (non-hydrogen) atoms. The second-order valence-corrected chi connectivity index (χ2v) is 10.3. The van der Waals surface area contributed by atoms with E-state index < -0.39 is 6.10 Å². The Morgan fingerprint density at radius 1 is 0.972 bits per heavy atom. The van der Waals surface area contributed by atoms with Gasteiger partial charge < -0.3 is 26.0 Å². The number of nitrogens with one attached hydrogen (secondary N) is 2. The molecule has 0 spiro atoms. The van der Waals surface area contributed by atoms with Gasteiger partial charge in [-0.15, -0.1) is 0 Å². The molecule has 0 saturated carbocycles. The first-order valence-corrected chi connectivity index (χ1v) is 12.5. The lowest BCUT2D eigenvalue weighted by Gasteiger charge is -2.28. The number of phenols is 1. The molecule has 0 unspecified atom stereocenters. The number of aliphatic hydroxyl groups is 2. The molecular formula is C28H32Cl2N2O4. The van der Waals surface area contributed by atoms with E-state index in [4.69, 9.17) is 23.2 Å². The lowest BCUT2D eigenvalue weighted by atomic mass is 9.93. The lowest BCUT2D eigenvalue weighted by Crippen LogP contribution is -2.43. The Morgan fingerprint density at radius 3 is 2.44 bits per heavy atom. The summed E-state index contributed by atoms with van der Waals surface area (Å²) >= 11 is 12.0. The summed E-state index contributed by atoms with van der Waals surface area (Å²) in [5.41, 5.74) is 3.53. The molecule has 192 valence electrons. The van der Waals surface area contributed by atoms with Crippen LogP contribution in [-0.2, 0) is 30.8 Å². The molecule has 3 aromatic rings. The highest BCUT2D eigenvalue weighted by Gasteiger charge is 2.20. The topological polar surface area (TPSA) is 102 Å². The third-order valence-corrected chi connectivity index (χ3v) is 6.65. The molecule has 1 amide bonds. The van der Waals surface area contributed by atoms with E-state index in [1.54, 1.807) is 24.3 Å². The summed E-state index contributed by atoms with van der Waals surface area (Å²) in [4.78, 5) is 12.5. The number of benzene rings is 3. The molecule has 6 nitrogen and oxygen atoms in total. The number of carbonyl (C=O) groups is 1. The van der Waals surface area contributed by atoms with Crippen LogP contribution in [0.3, 0.4) is 0 Å². The van der Waals surface area contributed by atoms with Crippen LogP contribution in [0, 0.1) is 0 Å². The van der Waals surface area contributed by atoms with Crippen molar-refractivity contribution in [2.24, 2.45) is 0 Å². The molecule has 0 aliphatic rings. The number of halogens is 2. The molecular weight excluding hydrogens is 499 g/mol. The minimum Gasteiger partial charge on any atom is -0.508 e. The van der Waals surface area contributed by atoms with E-state index in [-0.39, 0.29) is 30.2 Å². The van der Waals surface area contributed by atoms with Gasteiger partial charge in [0.25, 0.3) is 0 Å². The third-order valence-electron chi connectivity index (χ3n) is 5.91. The van der Waals surface area contributed by atoms with Crippen LogP contribution >= 0.6 is 23.2 Å². The van der Waals surface area contributed by atoms with E-state index in [0.717, 1.165) is 16.7 Å². The van der Waals surface area contributed by atoms with Gasteiger partial charge >= 0.3 is 0 Å². The van der Waals surface area contributed by atoms with Crippen LogP contribution in [-0.4, -0.2) is 33.3 Å². The number of aromatic hydroxyl groups is 1. The monoisotopic (exact) mass is 530 g/mol. The van der Waals surface area contributed by atoms with Gasteiger partial charge in [-0.2, -0.15) is 0 Å². The van der Waals surface area contributed by atoms with Crippen molar-refractivity contribution in [3.8, 4) is 5.75 Å². The summed E-state index contributed by atoms with van der Waals surface area (Å²) < 4.78 is 0. The van der Waals surface area contributed by atoms with Crippen LogP contribution in [0.5, 0.6) is 5.75 Å². The Bertz CT molecular complexity index is 1200. The Hall–Kier alpha value is -2.61. The van der Waals surface area contributed by atoms with Gasteiger partial charge in [-0.25, -0.2) is 0 Å². The average molecular weight is 531 g/mol. The molecule has 0 aliphatic heterocycles. The molecule has 5 N–H and O–H groups in total. The summed E-state index contributed by atoms with van der Waals surface area (Å²) in [6, 6.07) is 17.9. The fraction of sp³-hybridized carbons (Fsp3) is 0.321. The number of amides is 1. The standard InChI is InChI=1S/C28H32Cl2N2O4/c1-28(2,32-16-26(35)21-7-9-25(34)22(13-21)17-33)14-19-5-3-4-18(10-19)12-27(36)31-15-20-6-8-23(29)24(30)11-20/h3-11,13,26,32-35H,12,14-17H2,1-2H3,(H,31,36)/t26-/m0/s1. The molecule has 0 aromatic heterocycles. The van der Waals surface area contributed by atoms with E-state index in [0.29, 0.717) is 40.7 Å². The Morgan fingerprint density at radius 2 is 1.72 bits per heavy atom. The number of β-amino-alcohol motifs (C(OH)–C–C–N with tert-alkyl or cyclic N) is 1. The van der Waals surface area contributed by atoms with Crippen LogP contribution in [0.2, 0.25) is 10.0 Å². The summed E-state index contributed by atoms with van der Waals surface area (Å²) in [6.45, 7) is 4.47. The van der Waals surface area contributed by atoms with Gasteiger partial charge in [-0.05, 0) is 66.8 Å². The molecule has 8 heteroatoms. The second kappa shape index (κ2) is 12.6. The van der Waals surface area contributed by atoms with Crippen LogP contribution < -0.4 is 10.6 Å². The number of carbonyl (C=O) groups excluding carboxylic acids is 1. The van der Waals surface area contributed by atoms with Gasteiger partial charge in [-0.1, -0.05) is 59.6 Å². The van der Waals surface area contributed by atoms with Crippen molar-refractivity contribution in [1.82, 2.24) is 10.6 Å². The molecule has 3 aromatic carbocycles. The van der Waals surface area contributed by atoms with Crippen molar-refractivity contribution in [1.29, 1.82) is 0 Å². The molecule has 3 rings (SSSR count). The largest absolute Gasteiger partial charge is 0.508 e. The molecule has 0 aliphatic carbocycles. The van der Waals surface area contributed by atoms with E-state index in [1.165, 1.54) is 6.07 Å². The minimum atomic E-state index is -0.791. The Balaban J connectivity index is 1.53. The summed E-state index contributed by atoms with van der Waals surface area (Å²) in [5, 5.41) is 36.9. The molecule has 0 fully saturated rings. The predicted octanol–water partition coefficient (Wildman–Crippen LogP) is 4.69. The SMILES string of the molecule is CC(C)(Cc1cccc(CC(=O)NCc2ccc(Cl)c(Cl)c2)c1)NC[C@H](O)c1ccc(O)c(CO)c1. The molecule has 0 saturated heterocycles. The van der Waals surface area contributed by atoms with Gasteiger partial charge in [0.1, 0.15) is 5.75 Å². The van der Waals surface area contributed by atoms with Crippen molar-refractivity contribution in [2.45, 2.75) is 51.5 Å². The smallest absolute Gasteiger partial charge is 0.224 e. The van der Waals surface area contributed by atoms with Gasteiger partial charge in [0, 0.05) is 24.2 Å². The number of hydrogen-bond acceptors (Lipinski definition) is 5. The molecule has 0 bridgehead atoms. The first-order chi connectivity index (χ1) is 17.1. The first kappa shape index (κ1) is 28.0. The number of hydrogen-bond donors (Lipinski definition) is 5. The summed E-state index contributed by atoms with van der Waals surface area (Å²) in [7, 11) is 0. The quantitative estimate of drug-likeness (QED) is 0.247. The highest BCUT2D eigenvalue weighted by Crippen LogP contribution is 2.24. The van der Waals surface area contributed by atoms with Crippen LogP contribution in [0.4, 0.5) is 0 Å². The van der Waals surface area contributed by atoms with Gasteiger partial charge in [0.15, 0.2) is 0 Å². The zero-order valence-electron chi connectivity index (χ0n) is 20.4. The third kappa shape index (κ3) is 8.22. The maximum absolute atomic E-state index is 12.5. The Kier molecular flexibility index (Phi) is 9.77. The van der Waals surface area contributed by atoms with Crippen molar-refractivity contribution in [3.05, 3.63) is 98.5 Å². The zero-order chi connectivity index (χ0) is 26.3. The van der Waals surface area contributed by atoms with Crippen LogP contribution in [0.25, 0.3) is 0 Å². The number of rotatable bonds is 11. The second-order valence-electron chi connectivity index (χ2n) is 9.53. The predicted molar refractivity (Wildman–Crippen MR) is 143 cm³/mol. The van der Waals surface area contributed by atoms with E-state index >= 15 is 0 Å². The molecule has 1 atom stereocenters. The maximum Gasteiger partial charge on any atom is 0.224 e. The van der Waals surface area contributed by atoms with Crippen LogP contribution in [0.15, 0.2) is 60.7 Å². The average Bonchev–Trinajstić information content (AvgIpc) is 2.83. The minimum absolute atomic E-state index is 0.00433. The zero-order valence-corrected chi connectivity index (χ0v) is 21.9. The highest BCUT2D eigenvalue weighted by atomic mass is 35.5. The number of aliphatic hydroxyl groups excluding tert-OH is 2.